The second-order valence-electron chi connectivity index (χ2n) is 4.29. The summed E-state index contributed by atoms with van der Waals surface area (Å²) < 4.78 is 2.64. The van der Waals surface area contributed by atoms with E-state index in [1.54, 1.807) is 29.7 Å². The zero-order valence-electron chi connectivity index (χ0n) is 10.8. The highest BCUT2D eigenvalue weighted by Crippen LogP contribution is 2.21. The van der Waals surface area contributed by atoms with E-state index in [2.05, 4.69) is 21.2 Å². The van der Waals surface area contributed by atoms with Gasteiger partial charge in [-0.15, -0.1) is 11.3 Å². The molecule has 0 spiro atoms. The molecule has 0 aliphatic heterocycles. The van der Waals surface area contributed by atoms with Crippen molar-refractivity contribution in [3.63, 3.8) is 0 Å². The third-order valence-corrected chi connectivity index (χ3v) is 4.48. The van der Waals surface area contributed by atoms with E-state index in [1.165, 1.54) is 15.5 Å². The van der Waals surface area contributed by atoms with Crippen molar-refractivity contribution >= 4 is 33.2 Å². The Morgan fingerprint density at radius 2 is 2.15 bits per heavy atom. The van der Waals surface area contributed by atoms with Crippen molar-refractivity contribution in [3.8, 4) is 0 Å². The lowest BCUT2D eigenvalue weighted by molar-refractivity contribution is -0.121. The summed E-state index contributed by atoms with van der Waals surface area (Å²) in [6, 6.07) is 9.02. The minimum Gasteiger partial charge on any atom is -0.356 e. The van der Waals surface area contributed by atoms with Crippen LogP contribution in [0.1, 0.15) is 11.3 Å². The molecule has 2 rings (SSSR count). The SMILES string of the molecule is O=C(CCn1ccccc1=O)NCCc1ccc(Br)s1. The van der Waals surface area contributed by atoms with Gasteiger partial charge in [0.25, 0.3) is 5.56 Å². The molecular weight excluding hydrogens is 340 g/mol. The third-order valence-electron chi connectivity index (χ3n) is 2.80. The van der Waals surface area contributed by atoms with E-state index >= 15 is 0 Å². The van der Waals surface area contributed by atoms with Gasteiger partial charge in [0.15, 0.2) is 0 Å². The van der Waals surface area contributed by atoms with Crippen LogP contribution in [0.4, 0.5) is 0 Å². The predicted molar refractivity (Wildman–Crippen MR) is 84.1 cm³/mol. The Hall–Kier alpha value is -1.40. The molecule has 0 fully saturated rings. The van der Waals surface area contributed by atoms with E-state index in [9.17, 15) is 9.59 Å². The minimum absolute atomic E-state index is 0.0311. The van der Waals surface area contributed by atoms with E-state index < -0.39 is 0 Å². The molecule has 0 aliphatic rings. The fraction of sp³-hybridized carbons (Fsp3) is 0.286. The van der Waals surface area contributed by atoms with Crippen molar-refractivity contribution in [3.05, 3.63) is 55.5 Å². The summed E-state index contributed by atoms with van der Waals surface area (Å²) in [7, 11) is 0. The number of pyridine rings is 1. The monoisotopic (exact) mass is 354 g/mol. The molecular formula is C14H15BrN2O2S. The van der Waals surface area contributed by atoms with E-state index in [1.807, 2.05) is 12.1 Å². The van der Waals surface area contributed by atoms with Crippen molar-refractivity contribution < 1.29 is 4.79 Å². The molecule has 0 unspecified atom stereocenters. The Bertz CT molecular complexity index is 636. The summed E-state index contributed by atoms with van der Waals surface area (Å²) in [4.78, 5) is 24.4. The Labute approximate surface area is 129 Å². The van der Waals surface area contributed by atoms with Crippen LogP contribution >= 0.6 is 27.3 Å². The Morgan fingerprint density at radius 3 is 2.85 bits per heavy atom. The smallest absolute Gasteiger partial charge is 0.250 e. The molecule has 20 heavy (non-hydrogen) atoms. The Kier molecular flexibility index (Phi) is 5.55. The molecule has 2 aromatic rings. The molecule has 0 saturated carbocycles. The lowest BCUT2D eigenvalue weighted by atomic mass is 10.3. The molecule has 2 aromatic heterocycles. The van der Waals surface area contributed by atoms with Crippen molar-refractivity contribution in [1.29, 1.82) is 0 Å². The number of hydrogen-bond donors (Lipinski definition) is 1. The van der Waals surface area contributed by atoms with Gasteiger partial charge in [-0.1, -0.05) is 6.07 Å². The lowest BCUT2D eigenvalue weighted by Crippen LogP contribution is -2.28. The minimum atomic E-state index is -0.0799. The third kappa shape index (κ3) is 4.61. The first-order valence-electron chi connectivity index (χ1n) is 6.31. The van der Waals surface area contributed by atoms with Crippen molar-refractivity contribution in [2.24, 2.45) is 0 Å². The predicted octanol–water partition coefficient (Wildman–Crippen LogP) is 2.42. The summed E-state index contributed by atoms with van der Waals surface area (Å²) in [5.41, 5.74) is -0.0799. The molecule has 0 aromatic carbocycles. The molecule has 106 valence electrons. The number of carbonyl (C=O) groups is 1. The highest BCUT2D eigenvalue weighted by molar-refractivity contribution is 9.11. The maximum atomic E-state index is 11.7. The maximum Gasteiger partial charge on any atom is 0.250 e. The zero-order chi connectivity index (χ0) is 14.4. The van der Waals surface area contributed by atoms with Crippen LogP contribution in [0.2, 0.25) is 0 Å². The number of rotatable bonds is 6. The van der Waals surface area contributed by atoms with Gasteiger partial charge in [0.2, 0.25) is 5.91 Å². The van der Waals surface area contributed by atoms with Crippen LogP contribution in [0.25, 0.3) is 0 Å². The van der Waals surface area contributed by atoms with Crippen LogP contribution < -0.4 is 10.9 Å². The van der Waals surface area contributed by atoms with Crippen LogP contribution in [-0.2, 0) is 17.8 Å². The number of carbonyl (C=O) groups excluding carboxylic acids is 1. The standard InChI is InChI=1S/C14H15BrN2O2S/c15-12-5-4-11(20-12)6-8-16-13(18)7-10-17-9-2-1-3-14(17)19/h1-5,9H,6-8,10H2,(H,16,18). The van der Waals surface area contributed by atoms with Crippen LogP contribution in [0, 0.1) is 0 Å². The first-order chi connectivity index (χ1) is 9.65. The zero-order valence-corrected chi connectivity index (χ0v) is 13.2. The van der Waals surface area contributed by atoms with Gasteiger partial charge in [-0.05, 0) is 40.5 Å². The van der Waals surface area contributed by atoms with Gasteiger partial charge in [0, 0.05) is 36.7 Å². The Morgan fingerprint density at radius 1 is 1.30 bits per heavy atom. The van der Waals surface area contributed by atoms with Gasteiger partial charge in [0.1, 0.15) is 0 Å². The molecule has 0 saturated heterocycles. The summed E-state index contributed by atoms with van der Waals surface area (Å²) in [5, 5.41) is 2.87. The van der Waals surface area contributed by atoms with Crippen LogP contribution in [0.5, 0.6) is 0 Å². The number of thiophene rings is 1. The molecule has 0 bridgehead atoms. The summed E-state index contributed by atoms with van der Waals surface area (Å²) in [6.45, 7) is 1.03. The second kappa shape index (κ2) is 7.40. The van der Waals surface area contributed by atoms with E-state index in [4.69, 9.17) is 0 Å². The van der Waals surface area contributed by atoms with E-state index in [0.29, 0.717) is 19.5 Å². The lowest BCUT2D eigenvalue weighted by Gasteiger charge is -2.06. The number of halogens is 1. The molecule has 0 radical (unpaired) electrons. The van der Waals surface area contributed by atoms with Gasteiger partial charge in [-0.3, -0.25) is 9.59 Å². The normalized spacial score (nSPS) is 10.4. The first-order valence-corrected chi connectivity index (χ1v) is 7.92. The average Bonchev–Trinajstić information content (AvgIpc) is 2.83. The van der Waals surface area contributed by atoms with Crippen molar-refractivity contribution in [1.82, 2.24) is 9.88 Å². The van der Waals surface area contributed by atoms with Crippen molar-refractivity contribution in [2.45, 2.75) is 19.4 Å². The molecule has 4 nitrogen and oxygen atoms in total. The summed E-state index contributed by atoms with van der Waals surface area (Å²) in [6.07, 6.45) is 2.84. The second-order valence-corrected chi connectivity index (χ2v) is 6.84. The average molecular weight is 355 g/mol. The molecule has 6 heteroatoms. The highest BCUT2D eigenvalue weighted by atomic mass is 79.9. The van der Waals surface area contributed by atoms with E-state index in [-0.39, 0.29) is 11.5 Å². The topological polar surface area (TPSA) is 51.1 Å². The quantitative estimate of drug-likeness (QED) is 0.865. The number of nitrogens with one attached hydrogen (secondary N) is 1. The number of hydrogen-bond acceptors (Lipinski definition) is 3. The van der Waals surface area contributed by atoms with Crippen molar-refractivity contribution in [2.75, 3.05) is 6.54 Å². The number of aryl methyl sites for hydroxylation is 1. The molecule has 2 heterocycles. The Balaban J connectivity index is 1.71. The largest absolute Gasteiger partial charge is 0.356 e. The van der Waals surface area contributed by atoms with Gasteiger partial charge >= 0.3 is 0 Å². The fourth-order valence-corrected chi connectivity index (χ4v) is 3.25. The highest BCUT2D eigenvalue weighted by Gasteiger charge is 2.03. The molecule has 1 N–H and O–H groups in total. The maximum absolute atomic E-state index is 11.7. The van der Waals surface area contributed by atoms with Gasteiger partial charge in [-0.25, -0.2) is 0 Å². The molecule has 0 aliphatic carbocycles. The molecule has 1 amide bonds. The summed E-state index contributed by atoms with van der Waals surface area (Å²) >= 11 is 5.08. The number of aromatic nitrogens is 1. The molecule has 0 atom stereocenters. The van der Waals surface area contributed by atoms with Gasteiger partial charge in [0.05, 0.1) is 3.79 Å². The van der Waals surface area contributed by atoms with Crippen LogP contribution in [0.15, 0.2) is 45.1 Å². The fourth-order valence-electron chi connectivity index (χ4n) is 1.77. The number of amides is 1. The number of nitrogens with zero attached hydrogens (tertiary/aromatic N) is 1. The van der Waals surface area contributed by atoms with Crippen LogP contribution in [0.3, 0.4) is 0 Å². The first kappa shape index (κ1) is 15.0. The summed E-state index contributed by atoms with van der Waals surface area (Å²) in [5.74, 6) is -0.0311. The van der Waals surface area contributed by atoms with Gasteiger partial charge < -0.3 is 9.88 Å². The van der Waals surface area contributed by atoms with E-state index in [0.717, 1.165) is 10.2 Å². The van der Waals surface area contributed by atoms with Crippen LogP contribution in [-0.4, -0.2) is 17.0 Å². The van der Waals surface area contributed by atoms with Gasteiger partial charge in [-0.2, -0.15) is 0 Å².